The molecule has 1 aliphatic heterocycles. The summed E-state index contributed by atoms with van der Waals surface area (Å²) in [5.74, 6) is 0.480. The fraction of sp³-hybridized carbons (Fsp3) is 0.833. The topological polar surface area (TPSA) is 49.4 Å². The van der Waals surface area contributed by atoms with E-state index >= 15 is 0 Å². The smallest absolute Gasteiger partial charge is 0.242 e. The summed E-state index contributed by atoms with van der Waals surface area (Å²) in [7, 11) is 0. The van der Waals surface area contributed by atoms with Crippen molar-refractivity contribution in [2.75, 3.05) is 19.3 Å². The Morgan fingerprint density at radius 3 is 2.71 bits per heavy atom. The monoisotopic (exact) mass is 258 g/mol. The molecule has 1 heterocycles. The van der Waals surface area contributed by atoms with Crippen molar-refractivity contribution in [3.05, 3.63) is 0 Å². The van der Waals surface area contributed by atoms with E-state index in [9.17, 15) is 9.59 Å². The van der Waals surface area contributed by atoms with E-state index in [4.69, 9.17) is 0 Å². The highest BCUT2D eigenvalue weighted by molar-refractivity contribution is 7.99. The first-order valence-corrected chi connectivity index (χ1v) is 7.37. The Morgan fingerprint density at radius 1 is 1.53 bits per heavy atom. The van der Waals surface area contributed by atoms with E-state index in [1.165, 1.54) is 11.8 Å². The molecular weight excluding hydrogens is 236 g/mol. The van der Waals surface area contributed by atoms with E-state index in [1.54, 1.807) is 4.90 Å². The SMILES string of the molecule is CS[C@H](C)C(=O)N1CCNC(=O)[C@@H]1CC(C)C. The number of carbonyl (C=O) groups excluding carboxylic acids is 2. The van der Waals surface area contributed by atoms with Crippen molar-refractivity contribution in [1.29, 1.82) is 0 Å². The summed E-state index contributed by atoms with van der Waals surface area (Å²) in [5, 5.41) is 2.77. The van der Waals surface area contributed by atoms with Crippen LogP contribution in [0.15, 0.2) is 0 Å². The van der Waals surface area contributed by atoms with Gasteiger partial charge in [0.05, 0.1) is 5.25 Å². The van der Waals surface area contributed by atoms with Gasteiger partial charge in [0, 0.05) is 13.1 Å². The van der Waals surface area contributed by atoms with Gasteiger partial charge in [0.1, 0.15) is 6.04 Å². The first kappa shape index (κ1) is 14.4. The zero-order chi connectivity index (χ0) is 13.0. The van der Waals surface area contributed by atoms with Crippen LogP contribution in [-0.2, 0) is 9.59 Å². The van der Waals surface area contributed by atoms with E-state index in [-0.39, 0.29) is 23.1 Å². The largest absolute Gasteiger partial charge is 0.353 e. The number of piperazine rings is 1. The lowest BCUT2D eigenvalue weighted by Crippen LogP contribution is -2.58. The third-order valence-corrected chi connectivity index (χ3v) is 3.92. The van der Waals surface area contributed by atoms with Crippen molar-refractivity contribution < 1.29 is 9.59 Å². The highest BCUT2D eigenvalue weighted by Gasteiger charge is 2.34. The third-order valence-electron chi connectivity index (χ3n) is 3.01. The van der Waals surface area contributed by atoms with Gasteiger partial charge in [-0.15, -0.1) is 0 Å². The van der Waals surface area contributed by atoms with Crippen LogP contribution in [0.1, 0.15) is 27.2 Å². The van der Waals surface area contributed by atoms with Gasteiger partial charge in [0.25, 0.3) is 0 Å². The summed E-state index contributed by atoms with van der Waals surface area (Å²) < 4.78 is 0. The molecule has 5 heteroatoms. The van der Waals surface area contributed by atoms with E-state index in [0.717, 1.165) is 6.42 Å². The minimum absolute atomic E-state index is 0.00777. The minimum Gasteiger partial charge on any atom is -0.353 e. The molecule has 0 spiro atoms. The van der Waals surface area contributed by atoms with E-state index in [1.807, 2.05) is 13.2 Å². The molecule has 0 unspecified atom stereocenters. The van der Waals surface area contributed by atoms with Crippen molar-refractivity contribution in [1.82, 2.24) is 10.2 Å². The molecule has 17 heavy (non-hydrogen) atoms. The lowest BCUT2D eigenvalue weighted by Gasteiger charge is -2.37. The summed E-state index contributed by atoms with van der Waals surface area (Å²) in [6.45, 7) is 7.24. The lowest BCUT2D eigenvalue weighted by atomic mass is 10.00. The number of amides is 2. The highest BCUT2D eigenvalue weighted by Crippen LogP contribution is 2.18. The molecule has 0 aromatic rings. The molecule has 2 amide bonds. The molecule has 98 valence electrons. The molecular formula is C12H22N2O2S. The second-order valence-corrected chi connectivity index (χ2v) is 6.02. The van der Waals surface area contributed by atoms with Gasteiger partial charge >= 0.3 is 0 Å². The zero-order valence-corrected chi connectivity index (χ0v) is 11.8. The molecule has 1 N–H and O–H groups in total. The van der Waals surface area contributed by atoms with Crippen molar-refractivity contribution in [2.24, 2.45) is 5.92 Å². The number of nitrogens with one attached hydrogen (secondary N) is 1. The van der Waals surface area contributed by atoms with E-state index in [2.05, 4.69) is 19.2 Å². The van der Waals surface area contributed by atoms with E-state index < -0.39 is 0 Å². The first-order valence-electron chi connectivity index (χ1n) is 6.08. The van der Waals surface area contributed by atoms with Gasteiger partial charge in [-0.25, -0.2) is 0 Å². The number of carbonyl (C=O) groups is 2. The third kappa shape index (κ3) is 3.63. The molecule has 0 saturated carbocycles. The molecule has 1 aliphatic rings. The van der Waals surface area contributed by atoms with Gasteiger partial charge in [0.15, 0.2) is 0 Å². The summed E-state index contributed by atoms with van der Waals surface area (Å²) in [6.07, 6.45) is 2.66. The fourth-order valence-electron chi connectivity index (χ4n) is 1.99. The highest BCUT2D eigenvalue weighted by atomic mass is 32.2. The van der Waals surface area contributed by atoms with Crippen LogP contribution in [0.3, 0.4) is 0 Å². The van der Waals surface area contributed by atoms with Crippen LogP contribution < -0.4 is 5.32 Å². The van der Waals surface area contributed by atoms with Gasteiger partial charge in [-0.2, -0.15) is 11.8 Å². The average Bonchev–Trinajstić information content (AvgIpc) is 2.29. The Bertz CT molecular complexity index is 294. The van der Waals surface area contributed by atoms with Crippen LogP contribution in [-0.4, -0.2) is 47.4 Å². The minimum atomic E-state index is -0.286. The second kappa shape index (κ2) is 6.28. The molecule has 1 saturated heterocycles. The van der Waals surface area contributed by atoms with Gasteiger partial charge < -0.3 is 10.2 Å². The normalized spacial score (nSPS) is 22.5. The van der Waals surface area contributed by atoms with Gasteiger partial charge in [0.2, 0.25) is 11.8 Å². The summed E-state index contributed by atoms with van der Waals surface area (Å²) in [5.41, 5.74) is 0. The van der Waals surface area contributed by atoms with Crippen LogP contribution in [0.5, 0.6) is 0 Å². The predicted molar refractivity (Wildman–Crippen MR) is 70.9 cm³/mol. The number of hydrogen-bond donors (Lipinski definition) is 1. The van der Waals surface area contributed by atoms with Crippen LogP contribution in [0.25, 0.3) is 0 Å². The van der Waals surface area contributed by atoms with Crippen molar-refractivity contribution in [3.63, 3.8) is 0 Å². The zero-order valence-electron chi connectivity index (χ0n) is 11.0. The lowest BCUT2D eigenvalue weighted by molar-refractivity contribution is -0.143. The number of hydrogen-bond acceptors (Lipinski definition) is 3. The van der Waals surface area contributed by atoms with Gasteiger partial charge in [-0.05, 0) is 25.5 Å². The molecule has 0 aromatic heterocycles. The summed E-state index contributed by atoms with van der Waals surface area (Å²) in [6, 6.07) is -0.286. The van der Waals surface area contributed by atoms with Crippen molar-refractivity contribution >= 4 is 23.6 Å². The quantitative estimate of drug-likeness (QED) is 0.822. The Balaban J connectivity index is 2.78. The molecule has 2 atom stereocenters. The molecule has 4 nitrogen and oxygen atoms in total. The number of rotatable bonds is 4. The fourth-order valence-corrected chi connectivity index (χ4v) is 2.33. The molecule has 1 rings (SSSR count). The standard InChI is InChI=1S/C12H22N2O2S/c1-8(2)7-10-11(15)13-5-6-14(10)12(16)9(3)17-4/h8-10H,5-7H2,1-4H3,(H,13,15)/t9-,10+/m1/s1. The molecule has 1 fully saturated rings. The maximum Gasteiger partial charge on any atom is 0.242 e. The number of nitrogens with zero attached hydrogens (tertiary/aromatic N) is 1. The van der Waals surface area contributed by atoms with Crippen LogP contribution in [0, 0.1) is 5.92 Å². The maximum absolute atomic E-state index is 12.2. The van der Waals surface area contributed by atoms with Crippen molar-refractivity contribution in [2.45, 2.75) is 38.5 Å². The molecule has 0 aromatic carbocycles. The maximum atomic E-state index is 12.2. The van der Waals surface area contributed by atoms with Gasteiger partial charge in [-0.3, -0.25) is 9.59 Å². The molecule has 0 radical (unpaired) electrons. The Kier molecular flexibility index (Phi) is 5.31. The Morgan fingerprint density at radius 2 is 2.18 bits per heavy atom. The Hall–Kier alpha value is -0.710. The first-order chi connectivity index (χ1) is 7.97. The van der Waals surface area contributed by atoms with E-state index in [0.29, 0.717) is 19.0 Å². The van der Waals surface area contributed by atoms with Crippen LogP contribution >= 0.6 is 11.8 Å². The Labute approximate surface area is 108 Å². The van der Waals surface area contributed by atoms with Crippen LogP contribution in [0.2, 0.25) is 0 Å². The summed E-state index contributed by atoms with van der Waals surface area (Å²) >= 11 is 1.53. The van der Waals surface area contributed by atoms with Crippen LogP contribution in [0.4, 0.5) is 0 Å². The van der Waals surface area contributed by atoms with Gasteiger partial charge in [-0.1, -0.05) is 13.8 Å². The van der Waals surface area contributed by atoms with Crippen molar-refractivity contribution in [3.8, 4) is 0 Å². The second-order valence-electron chi connectivity index (χ2n) is 4.85. The number of thioether (sulfide) groups is 1. The summed E-state index contributed by atoms with van der Waals surface area (Å²) in [4.78, 5) is 25.8. The average molecular weight is 258 g/mol. The predicted octanol–water partition coefficient (Wildman–Crippen LogP) is 1.11. The molecule has 0 aliphatic carbocycles. The molecule has 0 bridgehead atoms.